The maximum atomic E-state index is 6.18. The zero-order valence-electron chi connectivity index (χ0n) is 11.6. The molecule has 0 heterocycles. The van der Waals surface area contributed by atoms with Crippen molar-refractivity contribution in [3.05, 3.63) is 12.7 Å². The van der Waals surface area contributed by atoms with Gasteiger partial charge in [0.2, 0.25) is 0 Å². The fourth-order valence-corrected chi connectivity index (χ4v) is 2.86. The normalized spacial score (nSPS) is 13.8. The van der Waals surface area contributed by atoms with Crippen LogP contribution in [0.15, 0.2) is 12.7 Å². The minimum atomic E-state index is -1.08. The summed E-state index contributed by atoms with van der Waals surface area (Å²) in [5.74, 6) is 0. The number of nitrogens with two attached hydrogens (primary N) is 1. The van der Waals surface area contributed by atoms with Gasteiger partial charge in [0.25, 0.3) is 0 Å². The Bertz CT molecular complexity index is 172. The van der Waals surface area contributed by atoms with Crippen molar-refractivity contribution >= 4 is 8.07 Å². The zero-order valence-corrected chi connectivity index (χ0v) is 12.6. The summed E-state index contributed by atoms with van der Waals surface area (Å²) in [7, 11) is -1.08. The second-order valence-electron chi connectivity index (χ2n) is 5.96. The molecule has 2 N–H and O–H groups in total. The number of hydrogen-bond donors (Lipinski definition) is 1. The molecule has 16 heavy (non-hydrogen) atoms. The van der Waals surface area contributed by atoms with E-state index in [1.54, 1.807) is 0 Å². The van der Waals surface area contributed by atoms with Gasteiger partial charge in [-0.05, 0) is 24.9 Å². The molecular weight excluding hydrogens is 210 g/mol. The van der Waals surface area contributed by atoms with Gasteiger partial charge >= 0.3 is 0 Å². The van der Waals surface area contributed by atoms with E-state index in [4.69, 9.17) is 5.73 Å². The van der Waals surface area contributed by atoms with Crippen molar-refractivity contribution in [1.29, 1.82) is 0 Å². The van der Waals surface area contributed by atoms with Crippen molar-refractivity contribution in [3.8, 4) is 0 Å². The predicted octanol–water partition coefficient (Wildman–Crippen LogP) is 4.50. The van der Waals surface area contributed by atoms with Gasteiger partial charge in [0.1, 0.15) is 0 Å². The Kier molecular flexibility index (Phi) is 8.95. The van der Waals surface area contributed by atoms with Crippen LogP contribution in [-0.2, 0) is 0 Å². The van der Waals surface area contributed by atoms with Crippen molar-refractivity contribution < 1.29 is 0 Å². The third-order valence-electron chi connectivity index (χ3n) is 3.29. The second kappa shape index (κ2) is 9.00. The lowest BCUT2D eigenvalue weighted by Gasteiger charge is -2.24. The Morgan fingerprint density at radius 3 is 2.00 bits per heavy atom. The number of allylic oxidation sites excluding steroid dienone is 1. The minimum Gasteiger partial charge on any atom is -0.330 e. The Labute approximate surface area is 104 Å². The van der Waals surface area contributed by atoms with Gasteiger partial charge in [-0.1, -0.05) is 57.8 Å². The molecule has 0 amide bonds. The molecule has 0 aromatic rings. The summed E-state index contributed by atoms with van der Waals surface area (Å²) in [5, 5.41) is 0. The summed E-state index contributed by atoms with van der Waals surface area (Å²) in [6, 6.07) is 0. The largest absolute Gasteiger partial charge is 0.330 e. The highest BCUT2D eigenvalue weighted by Crippen LogP contribution is 2.14. The van der Waals surface area contributed by atoms with E-state index >= 15 is 0 Å². The molecule has 0 aliphatic carbocycles. The molecule has 96 valence electrons. The molecule has 2 heteroatoms. The van der Waals surface area contributed by atoms with E-state index in [1.165, 1.54) is 51.4 Å². The first-order chi connectivity index (χ1) is 7.48. The van der Waals surface area contributed by atoms with Crippen molar-refractivity contribution in [3.63, 3.8) is 0 Å². The second-order valence-corrected chi connectivity index (χ2v) is 11.4. The average Bonchev–Trinajstić information content (AvgIpc) is 2.20. The number of hydrogen-bond acceptors (Lipinski definition) is 1. The van der Waals surface area contributed by atoms with Crippen LogP contribution < -0.4 is 5.73 Å². The van der Waals surface area contributed by atoms with E-state index in [0.717, 1.165) is 0 Å². The lowest BCUT2D eigenvalue weighted by Crippen LogP contribution is -2.44. The van der Waals surface area contributed by atoms with E-state index in [9.17, 15) is 0 Å². The smallest absolute Gasteiger partial charge is 0.0632 e. The van der Waals surface area contributed by atoms with Crippen molar-refractivity contribution in [2.75, 3.05) is 0 Å². The molecule has 0 bridgehead atoms. The van der Waals surface area contributed by atoms with Crippen molar-refractivity contribution in [1.82, 2.24) is 0 Å². The quantitative estimate of drug-likeness (QED) is 0.340. The fourth-order valence-electron chi connectivity index (χ4n) is 1.79. The third-order valence-corrected chi connectivity index (χ3v) is 5.80. The van der Waals surface area contributed by atoms with E-state index in [0.29, 0.717) is 5.67 Å². The molecular formula is C14H31NSi. The van der Waals surface area contributed by atoms with Crippen molar-refractivity contribution in [2.45, 2.75) is 76.7 Å². The first-order valence-corrected chi connectivity index (χ1v) is 10.4. The Balaban J connectivity index is 3.24. The molecule has 0 saturated heterocycles. The minimum absolute atomic E-state index is 0.494. The molecule has 1 nitrogen and oxygen atoms in total. The first-order valence-electron chi connectivity index (χ1n) is 6.85. The van der Waals surface area contributed by atoms with Gasteiger partial charge in [0.15, 0.2) is 0 Å². The summed E-state index contributed by atoms with van der Waals surface area (Å²) >= 11 is 0. The van der Waals surface area contributed by atoms with Gasteiger partial charge in [-0.3, -0.25) is 0 Å². The maximum absolute atomic E-state index is 6.18. The molecule has 0 aliphatic heterocycles. The summed E-state index contributed by atoms with van der Waals surface area (Å²) in [6.07, 6.45) is 12.6. The van der Waals surface area contributed by atoms with Crippen LogP contribution in [0.3, 0.4) is 0 Å². The number of rotatable bonds is 10. The average molecular weight is 241 g/mol. The Hall–Kier alpha value is -0.0831. The lowest BCUT2D eigenvalue weighted by molar-refractivity contribution is 0.572. The van der Waals surface area contributed by atoms with Crippen LogP contribution in [0.4, 0.5) is 0 Å². The standard InChI is InChI=1S/C14H31NSi/c1-5-6-7-8-9-10-11-12-13-14(15)16(2,3)4/h5,14H,1,6-13,15H2,2-4H3. The van der Waals surface area contributed by atoms with Crippen LogP contribution in [0.5, 0.6) is 0 Å². The van der Waals surface area contributed by atoms with Gasteiger partial charge in [-0.15, -0.1) is 6.58 Å². The molecule has 0 spiro atoms. The molecule has 0 saturated carbocycles. The molecule has 0 aromatic heterocycles. The predicted molar refractivity (Wildman–Crippen MR) is 78.5 cm³/mol. The Morgan fingerprint density at radius 2 is 1.50 bits per heavy atom. The molecule has 1 unspecified atom stereocenters. The molecule has 0 aromatic carbocycles. The van der Waals surface area contributed by atoms with E-state index in [2.05, 4.69) is 26.2 Å². The summed E-state index contributed by atoms with van der Waals surface area (Å²) in [6.45, 7) is 10.8. The maximum Gasteiger partial charge on any atom is 0.0632 e. The molecule has 0 radical (unpaired) electrons. The Morgan fingerprint density at radius 1 is 1.00 bits per heavy atom. The topological polar surface area (TPSA) is 26.0 Å². The van der Waals surface area contributed by atoms with E-state index < -0.39 is 8.07 Å². The van der Waals surface area contributed by atoms with Crippen LogP contribution in [0.1, 0.15) is 51.4 Å². The SMILES string of the molecule is C=CCCCCCCCCC(N)[Si](C)(C)C. The van der Waals surface area contributed by atoms with Gasteiger partial charge in [0, 0.05) is 0 Å². The highest BCUT2D eigenvalue weighted by molar-refractivity contribution is 6.77. The molecule has 0 fully saturated rings. The lowest BCUT2D eigenvalue weighted by atomic mass is 10.1. The summed E-state index contributed by atoms with van der Waals surface area (Å²) in [5.41, 5.74) is 6.68. The molecule has 1 atom stereocenters. The van der Waals surface area contributed by atoms with Crippen LogP contribution >= 0.6 is 0 Å². The van der Waals surface area contributed by atoms with Crippen LogP contribution in [-0.4, -0.2) is 13.7 Å². The molecule has 0 rings (SSSR count). The number of unbranched alkanes of at least 4 members (excludes halogenated alkanes) is 6. The van der Waals surface area contributed by atoms with Gasteiger partial charge < -0.3 is 5.73 Å². The van der Waals surface area contributed by atoms with Crippen LogP contribution in [0.25, 0.3) is 0 Å². The third kappa shape index (κ3) is 9.17. The summed E-state index contributed by atoms with van der Waals surface area (Å²) in [4.78, 5) is 0. The monoisotopic (exact) mass is 241 g/mol. The van der Waals surface area contributed by atoms with E-state index in [1.807, 2.05) is 6.08 Å². The zero-order chi connectivity index (χ0) is 12.4. The summed E-state index contributed by atoms with van der Waals surface area (Å²) < 4.78 is 0. The van der Waals surface area contributed by atoms with Crippen LogP contribution in [0, 0.1) is 0 Å². The van der Waals surface area contributed by atoms with Gasteiger partial charge in [0.05, 0.1) is 8.07 Å². The van der Waals surface area contributed by atoms with E-state index in [-0.39, 0.29) is 0 Å². The van der Waals surface area contributed by atoms with Gasteiger partial charge in [-0.25, -0.2) is 0 Å². The van der Waals surface area contributed by atoms with Crippen LogP contribution in [0.2, 0.25) is 19.6 Å². The highest BCUT2D eigenvalue weighted by atomic mass is 28.3. The fraction of sp³-hybridized carbons (Fsp3) is 0.857. The van der Waals surface area contributed by atoms with Crippen molar-refractivity contribution in [2.24, 2.45) is 5.73 Å². The first kappa shape index (κ1) is 15.9. The van der Waals surface area contributed by atoms with Gasteiger partial charge in [-0.2, -0.15) is 0 Å². The highest BCUT2D eigenvalue weighted by Gasteiger charge is 2.21. The molecule has 0 aliphatic rings.